The highest BCUT2D eigenvalue weighted by Gasteiger charge is 2.27. The van der Waals surface area contributed by atoms with E-state index in [9.17, 15) is 15.0 Å². The molecule has 1 amide bonds. The number of hydrogen-bond acceptors (Lipinski definition) is 9. The number of rotatable bonds is 1. The second kappa shape index (κ2) is 8.83. The van der Waals surface area contributed by atoms with Gasteiger partial charge in [-0.15, -0.1) is 11.3 Å². The number of thiazole rings is 1. The third-order valence-electron chi connectivity index (χ3n) is 3.70. The zero-order chi connectivity index (χ0) is 21.0. The van der Waals surface area contributed by atoms with Gasteiger partial charge in [-0.2, -0.15) is 4.98 Å². The van der Waals surface area contributed by atoms with E-state index in [4.69, 9.17) is 10.5 Å². The summed E-state index contributed by atoms with van der Waals surface area (Å²) in [7, 11) is 0. The van der Waals surface area contributed by atoms with E-state index in [1.807, 2.05) is 0 Å². The van der Waals surface area contributed by atoms with Gasteiger partial charge in [0.2, 0.25) is 5.89 Å². The van der Waals surface area contributed by atoms with Crippen molar-refractivity contribution in [2.45, 2.75) is 26.1 Å². The summed E-state index contributed by atoms with van der Waals surface area (Å²) in [5, 5.41) is 22.9. The highest BCUT2D eigenvalue weighted by Crippen LogP contribution is 2.41. The van der Waals surface area contributed by atoms with E-state index in [1.54, 1.807) is 32.0 Å². The van der Waals surface area contributed by atoms with E-state index in [0.29, 0.717) is 33.3 Å². The van der Waals surface area contributed by atoms with E-state index in [-0.39, 0.29) is 11.6 Å². The van der Waals surface area contributed by atoms with E-state index >= 15 is 0 Å². The van der Waals surface area contributed by atoms with Crippen molar-refractivity contribution < 1.29 is 24.3 Å². The molecule has 3 heterocycles. The predicted molar refractivity (Wildman–Crippen MR) is 104 cm³/mol. The van der Waals surface area contributed by atoms with Crippen LogP contribution in [0.2, 0.25) is 0 Å². The Balaban J connectivity index is 0.000000343. The minimum atomic E-state index is -0.880. The number of ether oxygens (including phenoxy) is 1. The third kappa shape index (κ3) is 4.97. The Morgan fingerprint density at radius 1 is 1.45 bits per heavy atom. The highest BCUT2D eigenvalue weighted by atomic mass is 32.1. The normalized spacial score (nSPS) is 15.2. The predicted octanol–water partition coefficient (Wildman–Crippen LogP) is 1.45. The molecular formula is C19H18N4O5S. The van der Waals surface area contributed by atoms with Crippen molar-refractivity contribution in [3.63, 3.8) is 0 Å². The largest absolute Gasteiger partial charge is 0.490 e. The standard InChI is InChI=1S/C16H14N2O4S.C3H4N2O/c1-8(19)2-3-9-4-5-12-10(6-9)13-14(11(20)7-22-12)23-16(18-13)15(17)21;1-3-4-2-5-6-3/h4-6,8,11,19-20H,7H2,1H3,(H2,17,21);2H,1H3/t8-,11?;/m1./s1. The number of aromatic nitrogens is 3. The van der Waals surface area contributed by atoms with E-state index in [0.717, 1.165) is 11.3 Å². The molecule has 2 atom stereocenters. The van der Waals surface area contributed by atoms with Crippen LogP contribution in [-0.4, -0.2) is 44.0 Å². The van der Waals surface area contributed by atoms with Crippen molar-refractivity contribution in [2.75, 3.05) is 6.61 Å². The first kappa shape index (κ1) is 20.5. The van der Waals surface area contributed by atoms with Gasteiger partial charge in [0.05, 0.1) is 10.6 Å². The molecule has 0 spiro atoms. The van der Waals surface area contributed by atoms with Gasteiger partial charge in [-0.25, -0.2) is 4.98 Å². The maximum atomic E-state index is 11.4. The lowest BCUT2D eigenvalue weighted by molar-refractivity contribution is 0.1000. The van der Waals surface area contributed by atoms with Gasteiger partial charge in [-0.05, 0) is 25.1 Å². The van der Waals surface area contributed by atoms with Gasteiger partial charge >= 0.3 is 0 Å². The minimum Gasteiger partial charge on any atom is -0.490 e. The molecular weight excluding hydrogens is 396 g/mol. The van der Waals surface area contributed by atoms with Gasteiger partial charge in [0.15, 0.2) is 11.3 Å². The van der Waals surface area contributed by atoms with Crippen LogP contribution in [0, 0.1) is 18.8 Å². The van der Waals surface area contributed by atoms with Gasteiger partial charge in [0.1, 0.15) is 24.6 Å². The van der Waals surface area contributed by atoms with Crippen molar-refractivity contribution in [3.8, 4) is 28.8 Å². The second-order valence-electron chi connectivity index (χ2n) is 6.04. The Morgan fingerprint density at radius 2 is 2.24 bits per heavy atom. The molecule has 0 bridgehead atoms. The molecule has 1 aliphatic rings. The monoisotopic (exact) mass is 414 g/mol. The summed E-state index contributed by atoms with van der Waals surface area (Å²) in [6.07, 6.45) is -0.242. The Kier molecular flexibility index (Phi) is 6.23. The van der Waals surface area contributed by atoms with Crippen molar-refractivity contribution in [1.29, 1.82) is 0 Å². The molecule has 0 fully saturated rings. The summed E-state index contributed by atoms with van der Waals surface area (Å²) in [5.41, 5.74) is 7.07. The summed E-state index contributed by atoms with van der Waals surface area (Å²) >= 11 is 1.06. The molecule has 10 heteroatoms. The lowest BCUT2D eigenvalue weighted by Gasteiger charge is -2.08. The Bertz CT molecular complexity index is 1070. The first-order valence-electron chi connectivity index (χ1n) is 8.54. The number of primary amides is 1. The Labute approximate surface area is 170 Å². The molecule has 1 unspecified atom stereocenters. The molecule has 3 aromatic rings. The molecule has 9 nitrogen and oxygen atoms in total. The molecule has 2 aromatic heterocycles. The fourth-order valence-electron chi connectivity index (χ4n) is 2.44. The number of nitrogens with two attached hydrogens (primary N) is 1. The van der Waals surface area contributed by atoms with Gasteiger partial charge in [-0.1, -0.05) is 17.0 Å². The molecule has 150 valence electrons. The van der Waals surface area contributed by atoms with E-state index in [2.05, 4.69) is 31.5 Å². The van der Waals surface area contributed by atoms with Crippen LogP contribution in [0.15, 0.2) is 29.0 Å². The summed E-state index contributed by atoms with van der Waals surface area (Å²) < 4.78 is 10.1. The maximum absolute atomic E-state index is 11.4. The lowest BCUT2D eigenvalue weighted by atomic mass is 10.1. The van der Waals surface area contributed by atoms with Crippen LogP contribution in [-0.2, 0) is 0 Å². The molecule has 0 saturated carbocycles. The highest BCUT2D eigenvalue weighted by molar-refractivity contribution is 7.14. The van der Waals surface area contributed by atoms with Crippen molar-refractivity contribution in [1.82, 2.24) is 15.1 Å². The number of benzene rings is 1. The van der Waals surface area contributed by atoms with Crippen LogP contribution in [0.5, 0.6) is 5.75 Å². The van der Waals surface area contributed by atoms with Gasteiger partial charge in [-0.3, -0.25) is 4.79 Å². The van der Waals surface area contributed by atoms with Crippen molar-refractivity contribution in [2.24, 2.45) is 5.73 Å². The smallest absolute Gasteiger partial charge is 0.277 e. The fraction of sp³-hybridized carbons (Fsp3) is 0.263. The third-order valence-corrected chi connectivity index (χ3v) is 4.87. The molecule has 0 saturated heterocycles. The SMILES string of the molecule is C[C@@H](O)C#Cc1ccc2c(c1)-c1nc(C(N)=O)sc1C(O)CO2.Cc1ncno1. The first-order chi connectivity index (χ1) is 13.8. The summed E-state index contributed by atoms with van der Waals surface area (Å²) in [6.45, 7) is 3.39. The topological polar surface area (TPSA) is 145 Å². The molecule has 29 heavy (non-hydrogen) atoms. The van der Waals surface area contributed by atoms with Crippen LogP contribution in [0.25, 0.3) is 11.3 Å². The first-order valence-corrected chi connectivity index (χ1v) is 9.35. The quantitative estimate of drug-likeness (QED) is 0.507. The number of aryl methyl sites for hydroxylation is 1. The minimum absolute atomic E-state index is 0.0685. The summed E-state index contributed by atoms with van der Waals surface area (Å²) in [6, 6.07) is 5.24. The maximum Gasteiger partial charge on any atom is 0.277 e. The number of fused-ring (bicyclic) bond motifs is 3. The van der Waals surface area contributed by atoms with Crippen molar-refractivity contribution in [3.05, 3.63) is 45.9 Å². The summed E-state index contributed by atoms with van der Waals surface area (Å²) in [5.74, 6) is 6.03. The molecule has 1 aliphatic heterocycles. The fourth-order valence-corrected chi connectivity index (χ4v) is 3.34. The van der Waals surface area contributed by atoms with Gasteiger partial charge in [0, 0.05) is 18.1 Å². The number of carbonyl (C=O) groups excluding carboxylic acids is 1. The second-order valence-corrected chi connectivity index (χ2v) is 7.07. The Hall–Kier alpha value is -3.26. The van der Waals surface area contributed by atoms with Crippen LogP contribution in [0.3, 0.4) is 0 Å². The van der Waals surface area contributed by atoms with Gasteiger partial charge < -0.3 is 25.2 Å². The molecule has 4 N–H and O–H groups in total. The van der Waals surface area contributed by atoms with Crippen LogP contribution in [0.1, 0.15) is 39.2 Å². The average molecular weight is 414 g/mol. The van der Waals surface area contributed by atoms with E-state index in [1.165, 1.54) is 6.33 Å². The van der Waals surface area contributed by atoms with Crippen LogP contribution >= 0.6 is 11.3 Å². The lowest BCUT2D eigenvalue weighted by Crippen LogP contribution is -2.10. The molecule has 1 aromatic carbocycles. The van der Waals surface area contributed by atoms with Crippen molar-refractivity contribution >= 4 is 17.2 Å². The molecule has 0 radical (unpaired) electrons. The number of aliphatic hydroxyl groups excluding tert-OH is 2. The number of aliphatic hydroxyl groups is 2. The number of hydrogen-bond donors (Lipinski definition) is 3. The zero-order valence-electron chi connectivity index (χ0n) is 15.6. The number of nitrogens with zero attached hydrogens (tertiary/aromatic N) is 3. The van der Waals surface area contributed by atoms with Gasteiger partial charge in [0.25, 0.3) is 5.91 Å². The number of carbonyl (C=O) groups is 1. The zero-order valence-corrected chi connectivity index (χ0v) is 16.4. The molecule has 4 rings (SSSR count). The Morgan fingerprint density at radius 3 is 2.83 bits per heavy atom. The van der Waals surface area contributed by atoms with E-state index < -0.39 is 18.1 Å². The van der Waals surface area contributed by atoms with Crippen LogP contribution in [0.4, 0.5) is 0 Å². The van der Waals surface area contributed by atoms with Crippen LogP contribution < -0.4 is 10.5 Å². The average Bonchev–Trinajstić information content (AvgIpc) is 3.32. The molecule has 0 aliphatic carbocycles. The number of amides is 1. The summed E-state index contributed by atoms with van der Waals surface area (Å²) in [4.78, 5) is 19.8.